The van der Waals surface area contributed by atoms with Gasteiger partial charge in [0.1, 0.15) is 53.4 Å². The van der Waals surface area contributed by atoms with Crippen molar-refractivity contribution in [2.75, 3.05) is 50.0 Å². The molecule has 4 atom stereocenters. The lowest BCUT2D eigenvalue weighted by Gasteiger charge is -2.34. The van der Waals surface area contributed by atoms with Crippen LogP contribution in [-0.4, -0.2) is 98.5 Å². The van der Waals surface area contributed by atoms with E-state index >= 15 is 8.78 Å². The number of carbonyl (C=O) groups is 1. The summed E-state index contributed by atoms with van der Waals surface area (Å²) in [5, 5.41) is 10.3. The zero-order chi connectivity index (χ0) is 38.5. The number of hydrogen-bond donors (Lipinski definition) is 1. The molecule has 0 saturated carbocycles. The number of hydrogen-bond acceptors (Lipinski definition) is 11. The molecule has 286 valence electrons. The van der Waals surface area contributed by atoms with Crippen LogP contribution in [-0.2, 0) is 0 Å². The van der Waals surface area contributed by atoms with Gasteiger partial charge in [0, 0.05) is 36.7 Å². The molecule has 17 heteroatoms. The minimum absolute atomic E-state index is 0.00824. The summed E-state index contributed by atoms with van der Waals surface area (Å²) in [6, 6.07) is 3.70. The predicted octanol–water partition coefficient (Wildman–Crippen LogP) is 7.00. The van der Waals surface area contributed by atoms with Crippen molar-refractivity contribution in [2.24, 2.45) is 0 Å². The Morgan fingerprint density at radius 2 is 2.02 bits per heavy atom. The fourth-order valence-electron chi connectivity index (χ4n) is 9.27. The SMILES string of the molecule is Cc1cn(C(=O)N2CC[C@@H](N3CCOc4c(Cl)c(-c5ccc(F)c6sc(N)c(C#N)c56)c(F)c5nc(OC[C@@]67CCCN6C[C@H](F)C7)nc3c45)[C@H]2C)c(C)n1. The number of thiophene rings is 1. The average molecular weight is 792 g/mol. The second-order valence-corrected chi connectivity index (χ2v) is 16.3. The molecule has 4 aliphatic rings. The fourth-order valence-corrected chi connectivity index (χ4v) is 10.6. The summed E-state index contributed by atoms with van der Waals surface area (Å²) in [6.45, 7) is 7.65. The standard InChI is InChI=1S/C38H37ClF3N9O3S/c1-18-15-51(20(3)45-18)37(52)49-10-7-25(19(49)2)50-11-12-53-32-28-31(46-36(47-35(28)50)54-17-38-8-4-9-48(38)16-21(40)13-38)30(42)27(29(32)39)22-5-6-24(41)33-26(22)23(14-43)34(44)55-33/h5-6,15,19,21,25H,4,7-13,16-17,44H2,1-3H3/t19-,21-,25-,38+/m1/s1. The highest BCUT2D eigenvalue weighted by Gasteiger charge is 2.50. The third-order valence-corrected chi connectivity index (χ3v) is 13.2. The fraction of sp³-hybridized carbons (Fsp3) is 0.447. The van der Waals surface area contributed by atoms with Gasteiger partial charge in [0.2, 0.25) is 0 Å². The first-order chi connectivity index (χ1) is 26.4. The molecule has 0 unspecified atom stereocenters. The maximum atomic E-state index is 17.5. The molecule has 1 amide bonds. The van der Waals surface area contributed by atoms with E-state index in [4.69, 9.17) is 31.8 Å². The van der Waals surface area contributed by atoms with E-state index in [-0.39, 0.29) is 90.8 Å². The minimum atomic E-state index is -0.982. The predicted molar refractivity (Wildman–Crippen MR) is 203 cm³/mol. The Bertz CT molecular complexity index is 2470. The van der Waals surface area contributed by atoms with Crippen molar-refractivity contribution in [2.45, 2.75) is 70.2 Å². The molecule has 7 heterocycles. The quantitative estimate of drug-likeness (QED) is 0.198. The largest absolute Gasteiger partial charge is 0.489 e. The van der Waals surface area contributed by atoms with Gasteiger partial charge in [-0.25, -0.2) is 22.9 Å². The van der Waals surface area contributed by atoms with Crippen LogP contribution < -0.4 is 20.1 Å². The third kappa shape index (κ3) is 5.48. The van der Waals surface area contributed by atoms with Gasteiger partial charge in [-0.05, 0) is 58.2 Å². The molecule has 0 bridgehead atoms. The molecule has 5 aromatic rings. The monoisotopic (exact) mass is 791 g/mol. The maximum absolute atomic E-state index is 17.5. The van der Waals surface area contributed by atoms with E-state index in [1.54, 1.807) is 22.6 Å². The van der Waals surface area contributed by atoms with Crippen molar-refractivity contribution in [3.05, 3.63) is 52.1 Å². The molecule has 3 fully saturated rings. The molecule has 9 rings (SSSR count). The summed E-state index contributed by atoms with van der Waals surface area (Å²) in [5.74, 6) is -0.438. The zero-order valence-electron chi connectivity index (χ0n) is 30.3. The molecule has 12 nitrogen and oxygen atoms in total. The highest BCUT2D eigenvalue weighted by atomic mass is 35.5. The number of likely N-dealkylation sites (tertiary alicyclic amines) is 1. The van der Waals surface area contributed by atoms with Gasteiger partial charge >= 0.3 is 12.0 Å². The lowest BCUT2D eigenvalue weighted by molar-refractivity contribution is 0.107. The third-order valence-electron chi connectivity index (χ3n) is 11.8. The number of imidazole rings is 1. The Labute approximate surface area is 323 Å². The summed E-state index contributed by atoms with van der Waals surface area (Å²) >= 11 is 8.01. The van der Waals surface area contributed by atoms with Gasteiger partial charge in [0.05, 0.1) is 50.5 Å². The second-order valence-electron chi connectivity index (χ2n) is 14.9. The van der Waals surface area contributed by atoms with Crippen LogP contribution >= 0.6 is 22.9 Å². The van der Waals surface area contributed by atoms with Crippen molar-refractivity contribution < 1.29 is 27.4 Å². The number of amides is 1. The number of aryl methyl sites for hydroxylation is 2. The highest BCUT2D eigenvalue weighted by molar-refractivity contribution is 7.23. The van der Waals surface area contributed by atoms with Crippen molar-refractivity contribution >= 4 is 60.8 Å². The first kappa shape index (κ1) is 35.8. The van der Waals surface area contributed by atoms with Gasteiger partial charge in [-0.1, -0.05) is 17.7 Å². The summed E-state index contributed by atoms with van der Waals surface area (Å²) < 4.78 is 61.6. The first-order valence-electron chi connectivity index (χ1n) is 18.3. The number of nitriles is 1. The number of benzene rings is 2. The average Bonchev–Trinajstić information content (AvgIpc) is 3.93. The number of alkyl halides is 1. The van der Waals surface area contributed by atoms with Crippen LogP contribution in [0.4, 0.5) is 28.8 Å². The van der Waals surface area contributed by atoms with E-state index in [1.165, 1.54) is 12.1 Å². The number of anilines is 2. The molecule has 2 N–H and O–H groups in total. The van der Waals surface area contributed by atoms with Crippen LogP contribution in [0.5, 0.6) is 11.8 Å². The van der Waals surface area contributed by atoms with E-state index in [1.807, 2.05) is 24.8 Å². The van der Waals surface area contributed by atoms with Crippen LogP contribution in [0.1, 0.15) is 49.7 Å². The Morgan fingerprint density at radius 1 is 1.20 bits per heavy atom. The molecule has 4 aliphatic heterocycles. The van der Waals surface area contributed by atoms with Gasteiger partial charge in [-0.3, -0.25) is 9.47 Å². The Balaban J connectivity index is 1.20. The molecule has 3 aromatic heterocycles. The molecule has 3 saturated heterocycles. The Kier molecular flexibility index (Phi) is 8.55. The highest BCUT2D eigenvalue weighted by Crippen LogP contribution is 2.51. The number of aromatic nitrogens is 4. The number of rotatable bonds is 5. The molecular formula is C38H37ClF3N9O3S. The van der Waals surface area contributed by atoms with Crippen molar-refractivity contribution in [3.63, 3.8) is 0 Å². The van der Waals surface area contributed by atoms with Crippen molar-refractivity contribution in [1.29, 1.82) is 5.26 Å². The summed E-state index contributed by atoms with van der Waals surface area (Å²) in [5.41, 5.74) is 6.21. The topological polar surface area (TPSA) is 139 Å². The van der Waals surface area contributed by atoms with Crippen LogP contribution in [0, 0.1) is 36.8 Å². The molecule has 2 aromatic carbocycles. The molecule has 0 radical (unpaired) electrons. The summed E-state index contributed by atoms with van der Waals surface area (Å²) in [4.78, 5) is 33.6. The van der Waals surface area contributed by atoms with Crippen molar-refractivity contribution in [1.82, 2.24) is 29.3 Å². The lowest BCUT2D eigenvalue weighted by Crippen LogP contribution is -2.47. The van der Waals surface area contributed by atoms with Gasteiger partial charge < -0.3 is 25.0 Å². The normalized spacial score (nSPS) is 23.7. The van der Waals surface area contributed by atoms with E-state index in [9.17, 15) is 14.4 Å². The number of carbonyl (C=O) groups excluding carboxylic acids is 1. The number of nitrogens with zero attached hydrogens (tertiary/aromatic N) is 8. The number of ether oxygens (including phenoxy) is 2. The molecule has 55 heavy (non-hydrogen) atoms. The number of nitrogens with two attached hydrogens (primary N) is 1. The van der Waals surface area contributed by atoms with Crippen LogP contribution in [0.15, 0.2) is 18.3 Å². The first-order valence-corrected chi connectivity index (χ1v) is 19.5. The Hall–Kier alpha value is -4.85. The molecule has 0 aliphatic carbocycles. The maximum Gasteiger partial charge on any atom is 0.329 e. The van der Waals surface area contributed by atoms with Gasteiger partial charge in [0.25, 0.3) is 0 Å². The minimum Gasteiger partial charge on any atom is -0.489 e. The molecule has 0 spiro atoms. The van der Waals surface area contributed by atoms with Gasteiger partial charge in [-0.2, -0.15) is 15.2 Å². The van der Waals surface area contributed by atoms with Gasteiger partial charge in [0.15, 0.2) is 11.6 Å². The summed E-state index contributed by atoms with van der Waals surface area (Å²) in [7, 11) is 0. The van der Waals surface area contributed by atoms with E-state index in [0.717, 1.165) is 36.4 Å². The smallest absolute Gasteiger partial charge is 0.329 e. The van der Waals surface area contributed by atoms with Crippen molar-refractivity contribution in [3.8, 4) is 29.0 Å². The van der Waals surface area contributed by atoms with E-state index in [2.05, 4.69) is 14.9 Å². The summed E-state index contributed by atoms with van der Waals surface area (Å²) in [6.07, 6.45) is 3.28. The lowest BCUT2D eigenvalue weighted by atomic mass is 9.95. The zero-order valence-corrected chi connectivity index (χ0v) is 31.9. The van der Waals surface area contributed by atoms with E-state index in [0.29, 0.717) is 44.1 Å². The number of fused-ring (bicyclic) bond motifs is 2. The van der Waals surface area contributed by atoms with Crippen LogP contribution in [0.25, 0.3) is 32.1 Å². The van der Waals surface area contributed by atoms with E-state index < -0.39 is 23.3 Å². The number of nitrogen functional groups attached to an aromatic ring is 1. The number of halogens is 4. The van der Waals surface area contributed by atoms with Crippen LogP contribution in [0.2, 0.25) is 5.02 Å². The molecular weight excluding hydrogens is 755 g/mol. The van der Waals surface area contributed by atoms with Gasteiger partial charge in [-0.15, -0.1) is 11.3 Å². The van der Waals surface area contributed by atoms with Crippen LogP contribution in [0.3, 0.4) is 0 Å². The Morgan fingerprint density at radius 3 is 2.78 bits per heavy atom. The second kappa shape index (κ2) is 13.1.